The summed E-state index contributed by atoms with van der Waals surface area (Å²) in [5, 5.41) is 0. The molecule has 0 amide bonds. The summed E-state index contributed by atoms with van der Waals surface area (Å²) in [4.78, 5) is 0. The molecule has 106 valence electrons. The first-order chi connectivity index (χ1) is 10.1. The Labute approximate surface area is 127 Å². The van der Waals surface area contributed by atoms with Gasteiger partial charge >= 0.3 is 0 Å². The van der Waals surface area contributed by atoms with E-state index in [1.165, 1.54) is 33.4 Å². The summed E-state index contributed by atoms with van der Waals surface area (Å²) in [6.45, 7) is 6.63. The Morgan fingerprint density at radius 1 is 0.857 bits per heavy atom. The van der Waals surface area contributed by atoms with Gasteiger partial charge in [0.2, 0.25) is 0 Å². The van der Waals surface area contributed by atoms with Crippen LogP contribution in [0.1, 0.15) is 42.0 Å². The highest BCUT2D eigenvalue weighted by molar-refractivity contribution is 5.71. The van der Waals surface area contributed by atoms with Crippen LogP contribution in [0.5, 0.6) is 0 Å². The quantitative estimate of drug-likeness (QED) is 0.565. The van der Waals surface area contributed by atoms with Crippen LogP contribution >= 0.6 is 0 Å². The maximum absolute atomic E-state index is 2.33. The second kappa shape index (κ2) is 5.73. The Bertz CT molecular complexity index is 705. The van der Waals surface area contributed by atoms with E-state index in [0.717, 1.165) is 6.42 Å². The molecule has 0 saturated heterocycles. The highest BCUT2D eigenvalue weighted by Gasteiger charge is 2.10. The van der Waals surface area contributed by atoms with Crippen LogP contribution in [0.2, 0.25) is 0 Å². The third-order valence-electron chi connectivity index (χ3n) is 4.18. The van der Waals surface area contributed by atoms with Gasteiger partial charge in [-0.25, -0.2) is 0 Å². The number of hydrogen-bond acceptors (Lipinski definition) is 0. The Balaban J connectivity index is 1.94. The minimum atomic E-state index is 0.566. The molecule has 0 spiro atoms. The number of hydrogen-bond donors (Lipinski definition) is 0. The van der Waals surface area contributed by atoms with Crippen molar-refractivity contribution in [3.05, 3.63) is 82.9 Å². The van der Waals surface area contributed by atoms with Gasteiger partial charge in [-0.05, 0) is 47.1 Å². The van der Waals surface area contributed by atoms with E-state index in [0.29, 0.717) is 5.92 Å². The van der Waals surface area contributed by atoms with Gasteiger partial charge in [-0.1, -0.05) is 80.1 Å². The number of rotatable bonds is 3. The van der Waals surface area contributed by atoms with E-state index in [2.05, 4.69) is 81.4 Å². The maximum Gasteiger partial charge on any atom is -0.00196 e. The predicted octanol–water partition coefficient (Wildman–Crippen LogP) is 5.81. The van der Waals surface area contributed by atoms with Crippen molar-refractivity contribution in [3.8, 4) is 11.1 Å². The van der Waals surface area contributed by atoms with E-state index in [1.807, 2.05) is 0 Å². The fraction of sp³-hybridized carbons (Fsp3) is 0.238. The van der Waals surface area contributed by atoms with Gasteiger partial charge in [-0.15, -0.1) is 0 Å². The van der Waals surface area contributed by atoms with Gasteiger partial charge < -0.3 is 0 Å². The topological polar surface area (TPSA) is 0 Å². The van der Waals surface area contributed by atoms with Crippen molar-refractivity contribution in [1.82, 2.24) is 0 Å². The van der Waals surface area contributed by atoms with Crippen LogP contribution in [-0.2, 0) is 6.42 Å². The third-order valence-corrected chi connectivity index (χ3v) is 4.18. The lowest BCUT2D eigenvalue weighted by molar-refractivity contribution is 0.869. The zero-order valence-electron chi connectivity index (χ0n) is 13.1. The van der Waals surface area contributed by atoms with Crippen molar-refractivity contribution in [2.75, 3.05) is 0 Å². The number of fused-ring (bicyclic) bond motifs is 1. The average molecular weight is 274 g/mol. The summed E-state index contributed by atoms with van der Waals surface area (Å²) < 4.78 is 0. The summed E-state index contributed by atoms with van der Waals surface area (Å²) in [5.41, 5.74) is 8.24. The monoisotopic (exact) mass is 274 g/mol. The third kappa shape index (κ3) is 3.00. The van der Waals surface area contributed by atoms with Crippen molar-refractivity contribution >= 4 is 0 Å². The molecular weight excluding hydrogens is 252 g/mol. The molecule has 0 N–H and O–H groups in total. The minimum Gasteiger partial charge on any atom is -0.0614 e. The molecule has 0 fully saturated rings. The van der Waals surface area contributed by atoms with Gasteiger partial charge in [0.05, 0.1) is 0 Å². The first-order valence-corrected chi connectivity index (χ1v) is 7.70. The molecule has 1 aromatic carbocycles. The molecule has 0 bridgehead atoms. The average Bonchev–Trinajstić information content (AvgIpc) is 2.70. The molecule has 0 saturated carbocycles. The SMILES string of the molecule is Cc1ccc(Cc2ccc3cc(C(C)C)cccc2-3)cc1. The van der Waals surface area contributed by atoms with Crippen molar-refractivity contribution in [1.29, 1.82) is 0 Å². The zero-order valence-corrected chi connectivity index (χ0v) is 13.1. The minimum absolute atomic E-state index is 0.566. The molecule has 2 aliphatic carbocycles. The van der Waals surface area contributed by atoms with Crippen LogP contribution in [-0.4, -0.2) is 0 Å². The van der Waals surface area contributed by atoms with Crippen LogP contribution in [0.15, 0.2) is 60.7 Å². The van der Waals surface area contributed by atoms with E-state index in [1.54, 1.807) is 0 Å². The second-order valence-electron chi connectivity index (χ2n) is 6.21. The van der Waals surface area contributed by atoms with Gasteiger partial charge in [-0.2, -0.15) is 0 Å². The van der Waals surface area contributed by atoms with Crippen molar-refractivity contribution in [2.24, 2.45) is 0 Å². The van der Waals surface area contributed by atoms with Crippen LogP contribution in [0.4, 0.5) is 0 Å². The molecule has 1 aromatic rings. The lowest BCUT2D eigenvalue weighted by atomic mass is 10.0. The van der Waals surface area contributed by atoms with Crippen LogP contribution < -0.4 is 0 Å². The van der Waals surface area contributed by atoms with Gasteiger partial charge in [0.1, 0.15) is 0 Å². The molecule has 0 nitrogen and oxygen atoms in total. The number of aryl methyl sites for hydroxylation is 1. The van der Waals surface area contributed by atoms with E-state index < -0.39 is 0 Å². The molecule has 0 unspecified atom stereocenters. The summed E-state index contributed by atoms with van der Waals surface area (Å²) in [6, 6.07) is 22.4. The van der Waals surface area contributed by atoms with E-state index >= 15 is 0 Å². The molecule has 0 heteroatoms. The lowest BCUT2D eigenvalue weighted by Crippen LogP contribution is -1.87. The Hall–Kier alpha value is -2.08. The summed E-state index contributed by atoms with van der Waals surface area (Å²) in [6.07, 6.45) is 1.00. The maximum atomic E-state index is 2.33. The standard InChI is InChI=1S/C21H22/c1-15(2)18-5-4-6-21-19(11-12-20(21)14-18)13-17-9-7-16(3)8-10-17/h4-12,14-15H,13H2,1-3H3. The Morgan fingerprint density at radius 3 is 2.33 bits per heavy atom. The largest absolute Gasteiger partial charge is 0.0614 e. The lowest BCUT2D eigenvalue weighted by Gasteiger charge is -2.04. The van der Waals surface area contributed by atoms with Gasteiger partial charge in [0, 0.05) is 0 Å². The normalized spacial score (nSPS) is 11.2. The molecule has 2 aliphatic rings. The zero-order chi connectivity index (χ0) is 14.8. The summed E-state index contributed by atoms with van der Waals surface area (Å²) >= 11 is 0. The van der Waals surface area contributed by atoms with E-state index in [9.17, 15) is 0 Å². The van der Waals surface area contributed by atoms with Gasteiger partial charge in [-0.3, -0.25) is 0 Å². The molecule has 0 aliphatic heterocycles. The van der Waals surface area contributed by atoms with Crippen LogP contribution in [0, 0.1) is 6.92 Å². The summed E-state index contributed by atoms with van der Waals surface area (Å²) in [7, 11) is 0. The molecule has 0 aromatic heterocycles. The van der Waals surface area contributed by atoms with Gasteiger partial charge in [0.25, 0.3) is 0 Å². The molecule has 21 heavy (non-hydrogen) atoms. The molecule has 0 radical (unpaired) electrons. The van der Waals surface area contributed by atoms with E-state index in [-0.39, 0.29) is 0 Å². The van der Waals surface area contributed by atoms with E-state index in [4.69, 9.17) is 0 Å². The predicted molar refractivity (Wildman–Crippen MR) is 91.1 cm³/mol. The first-order valence-electron chi connectivity index (χ1n) is 7.70. The smallest absolute Gasteiger partial charge is 0.00196 e. The second-order valence-corrected chi connectivity index (χ2v) is 6.21. The number of benzene rings is 1. The highest BCUT2D eigenvalue weighted by atomic mass is 14.1. The van der Waals surface area contributed by atoms with Gasteiger partial charge in [0.15, 0.2) is 0 Å². The highest BCUT2D eigenvalue weighted by Crippen LogP contribution is 2.31. The fourth-order valence-electron chi connectivity index (χ4n) is 2.81. The Kier molecular flexibility index (Phi) is 3.79. The van der Waals surface area contributed by atoms with Crippen LogP contribution in [0.3, 0.4) is 0 Å². The molecule has 0 heterocycles. The van der Waals surface area contributed by atoms with Crippen LogP contribution in [0.25, 0.3) is 11.1 Å². The molecule has 0 atom stereocenters. The van der Waals surface area contributed by atoms with Crippen molar-refractivity contribution in [3.63, 3.8) is 0 Å². The van der Waals surface area contributed by atoms with Crippen molar-refractivity contribution in [2.45, 2.75) is 33.1 Å². The molecule has 3 rings (SSSR count). The Morgan fingerprint density at radius 2 is 1.62 bits per heavy atom. The molecular formula is C21H22. The first kappa shape index (κ1) is 13.9. The van der Waals surface area contributed by atoms with Crippen molar-refractivity contribution < 1.29 is 0 Å². The fourth-order valence-corrected chi connectivity index (χ4v) is 2.81. The summed E-state index contributed by atoms with van der Waals surface area (Å²) in [5.74, 6) is 0.566.